The molecule has 36 heavy (non-hydrogen) atoms. The molecule has 1 amide bonds. The number of alkyl halides is 1. The lowest BCUT2D eigenvalue weighted by atomic mass is 10.0. The van der Waals surface area contributed by atoms with Crippen LogP contribution in [0.2, 0.25) is 0 Å². The highest BCUT2D eigenvalue weighted by Crippen LogP contribution is 2.37. The maximum absolute atomic E-state index is 15.3. The molecule has 6 nitrogen and oxygen atoms in total. The number of ether oxygens (including phenoxy) is 4. The summed E-state index contributed by atoms with van der Waals surface area (Å²) in [6.07, 6.45) is -3.24. The fraction of sp³-hybridized carbons (Fsp3) is 0.345. The quantitative estimate of drug-likeness (QED) is 0.403. The number of fused-ring (bicyclic) bond motifs is 1. The van der Waals surface area contributed by atoms with E-state index in [-0.39, 0.29) is 19.8 Å². The number of benzene rings is 3. The van der Waals surface area contributed by atoms with E-state index in [2.05, 4.69) is 0 Å². The Kier molecular flexibility index (Phi) is 7.91. The summed E-state index contributed by atoms with van der Waals surface area (Å²) in [5, 5.41) is 0. The van der Waals surface area contributed by atoms with Crippen LogP contribution in [0, 0.1) is 0 Å². The van der Waals surface area contributed by atoms with Gasteiger partial charge in [-0.25, -0.2) is 9.18 Å². The first-order chi connectivity index (χ1) is 17.7. The third-order valence-corrected chi connectivity index (χ3v) is 6.64. The zero-order chi connectivity index (χ0) is 24.7. The van der Waals surface area contributed by atoms with Crippen LogP contribution >= 0.6 is 0 Å². The van der Waals surface area contributed by atoms with Crippen molar-refractivity contribution >= 4 is 6.09 Å². The molecule has 2 heterocycles. The minimum Gasteiger partial charge on any atom is -0.446 e. The van der Waals surface area contributed by atoms with Gasteiger partial charge in [-0.15, -0.1) is 0 Å². The van der Waals surface area contributed by atoms with E-state index in [0.717, 1.165) is 16.7 Å². The molecule has 0 aromatic heterocycles. The lowest BCUT2D eigenvalue weighted by molar-refractivity contribution is -0.0937. The van der Waals surface area contributed by atoms with Gasteiger partial charge in [0.05, 0.1) is 38.5 Å². The predicted molar refractivity (Wildman–Crippen MR) is 132 cm³/mol. The lowest BCUT2D eigenvalue weighted by Gasteiger charge is -2.36. The molecule has 0 N–H and O–H groups in total. The molecule has 2 saturated heterocycles. The Hall–Kier alpha value is -3.26. The highest BCUT2D eigenvalue weighted by atomic mass is 19.1. The summed E-state index contributed by atoms with van der Waals surface area (Å²) in [5.74, 6) is 0. The minimum absolute atomic E-state index is 0.165. The van der Waals surface area contributed by atoms with Crippen molar-refractivity contribution in [2.45, 2.75) is 50.3 Å². The molecule has 3 aromatic carbocycles. The fourth-order valence-corrected chi connectivity index (χ4v) is 4.89. The molecular formula is C29H30FNO5. The maximum Gasteiger partial charge on any atom is 0.410 e. The molecule has 2 fully saturated rings. The number of hydrogen-bond acceptors (Lipinski definition) is 5. The SMILES string of the molecule is O=C1OC[C@H](F)[C@H]2[C@H](OCc3ccccc3)[C@@H](OCc3ccccc3)[C@H](COCc3ccccc3)N12. The first-order valence-electron chi connectivity index (χ1n) is 12.2. The second-order valence-corrected chi connectivity index (χ2v) is 9.08. The van der Waals surface area contributed by atoms with E-state index >= 15 is 4.39 Å². The monoisotopic (exact) mass is 491 g/mol. The molecule has 5 atom stereocenters. The first kappa shape index (κ1) is 24.4. The van der Waals surface area contributed by atoms with Crippen LogP contribution in [0.25, 0.3) is 0 Å². The number of carbonyl (C=O) groups is 1. The van der Waals surface area contributed by atoms with E-state index in [1.54, 1.807) is 0 Å². The zero-order valence-corrected chi connectivity index (χ0v) is 19.9. The number of halogens is 1. The van der Waals surface area contributed by atoms with E-state index < -0.39 is 36.6 Å². The summed E-state index contributed by atoms with van der Waals surface area (Å²) in [4.78, 5) is 14.3. The van der Waals surface area contributed by atoms with Gasteiger partial charge in [-0.3, -0.25) is 4.90 Å². The van der Waals surface area contributed by atoms with Crippen molar-refractivity contribution in [1.29, 1.82) is 0 Å². The van der Waals surface area contributed by atoms with Gasteiger partial charge < -0.3 is 18.9 Å². The molecule has 0 spiro atoms. The van der Waals surface area contributed by atoms with Gasteiger partial charge in [0, 0.05) is 0 Å². The molecule has 0 radical (unpaired) electrons. The van der Waals surface area contributed by atoms with Crippen LogP contribution in [0.15, 0.2) is 91.0 Å². The van der Waals surface area contributed by atoms with Crippen molar-refractivity contribution in [2.75, 3.05) is 13.2 Å². The number of cyclic esters (lactones) is 1. The van der Waals surface area contributed by atoms with Crippen molar-refractivity contribution in [2.24, 2.45) is 0 Å². The van der Waals surface area contributed by atoms with E-state index in [9.17, 15) is 4.79 Å². The van der Waals surface area contributed by atoms with Crippen LogP contribution in [0.5, 0.6) is 0 Å². The van der Waals surface area contributed by atoms with Gasteiger partial charge in [-0.1, -0.05) is 91.0 Å². The first-order valence-corrected chi connectivity index (χ1v) is 12.2. The molecule has 0 unspecified atom stereocenters. The molecule has 7 heteroatoms. The van der Waals surface area contributed by atoms with Crippen molar-refractivity contribution in [3.8, 4) is 0 Å². The van der Waals surface area contributed by atoms with E-state index in [0.29, 0.717) is 13.2 Å². The van der Waals surface area contributed by atoms with Crippen LogP contribution in [-0.2, 0) is 38.8 Å². The molecule has 0 saturated carbocycles. The molecule has 0 bridgehead atoms. The fourth-order valence-electron chi connectivity index (χ4n) is 4.89. The van der Waals surface area contributed by atoms with Crippen molar-refractivity contribution in [3.63, 3.8) is 0 Å². The van der Waals surface area contributed by atoms with E-state index in [1.165, 1.54) is 4.90 Å². The summed E-state index contributed by atoms with van der Waals surface area (Å²) in [5.41, 5.74) is 2.95. The summed E-state index contributed by atoms with van der Waals surface area (Å²) in [7, 11) is 0. The molecule has 3 aromatic rings. The van der Waals surface area contributed by atoms with Gasteiger partial charge in [0.2, 0.25) is 0 Å². The zero-order valence-electron chi connectivity index (χ0n) is 19.9. The molecule has 2 aliphatic rings. The Labute approximate surface area is 210 Å². The largest absolute Gasteiger partial charge is 0.446 e. The highest BCUT2D eigenvalue weighted by molar-refractivity contribution is 5.70. The normalized spacial score (nSPS) is 25.4. The van der Waals surface area contributed by atoms with Gasteiger partial charge in [-0.2, -0.15) is 0 Å². The van der Waals surface area contributed by atoms with Crippen LogP contribution in [0.1, 0.15) is 16.7 Å². The Morgan fingerprint density at radius 2 is 1.25 bits per heavy atom. The van der Waals surface area contributed by atoms with Crippen LogP contribution in [0.4, 0.5) is 9.18 Å². The average molecular weight is 492 g/mol. The van der Waals surface area contributed by atoms with E-state index in [4.69, 9.17) is 18.9 Å². The number of carbonyl (C=O) groups excluding carboxylic acids is 1. The van der Waals surface area contributed by atoms with Gasteiger partial charge >= 0.3 is 6.09 Å². The lowest BCUT2D eigenvalue weighted by Crippen LogP contribution is -2.55. The van der Waals surface area contributed by atoms with Gasteiger partial charge in [0.25, 0.3) is 0 Å². The summed E-state index contributed by atoms with van der Waals surface area (Å²) in [6.45, 7) is 0.815. The molecule has 0 aliphatic carbocycles. The smallest absolute Gasteiger partial charge is 0.410 e. The molecule has 2 aliphatic heterocycles. The van der Waals surface area contributed by atoms with Gasteiger partial charge in [-0.05, 0) is 16.7 Å². The Morgan fingerprint density at radius 1 is 0.750 bits per heavy atom. The predicted octanol–water partition coefficient (Wildman–Crippen LogP) is 4.92. The highest BCUT2D eigenvalue weighted by Gasteiger charge is 2.58. The van der Waals surface area contributed by atoms with Crippen LogP contribution in [-0.4, -0.2) is 54.7 Å². The van der Waals surface area contributed by atoms with Crippen molar-refractivity contribution in [1.82, 2.24) is 4.90 Å². The third kappa shape index (κ3) is 5.59. The number of hydrogen-bond donors (Lipinski definition) is 0. The minimum atomic E-state index is -1.40. The Morgan fingerprint density at radius 3 is 1.81 bits per heavy atom. The van der Waals surface area contributed by atoms with Crippen molar-refractivity contribution < 1.29 is 28.1 Å². The summed E-state index contributed by atoms with van der Waals surface area (Å²) >= 11 is 0. The number of amides is 1. The number of nitrogens with zero attached hydrogens (tertiary/aromatic N) is 1. The van der Waals surface area contributed by atoms with Gasteiger partial charge in [0.1, 0.15) is 18.8 Å². The summed E-state index contributed by atoms with van der Waals surface area (Å²) in [6, 6.07) is 27.8. The molecule has 188 valence electrons. The van der Waals surface area contributed by atoms with E-state index in [1.807, 2.05) is 91.0 Å². The standard InChI is InChI=1S/C29H30FNO5/c30-24-19-36-29(32)31-25(20-33-16-21-10-4-1-5-11-21)27(34-17-22-12-6-2-7-13-22)28(26(24)31)35-18-23-14-8-3-9-15-23/h1-15,24-28H,16-20H2/t24-,25-,26-,27-,28-/m0/s1. The number of rotatable bonds is 10. The molecule has 5 rings (SSSR count). The Balaban J connectivity index is 1.38. The second-order valence-electron chi connectivity index (χ2n) is 9.08. The average Bonchev–Trinajstić information content (AvgIpc) is 3.24. The molecular weight excluding hydrogens is 461 g/mol. The van der Waals surface area contributed by atoms with Crippen molar-refractivity contribution in [3.05, 3.63) is 108 Å². The maximum atomic E-state index is 15.3. The van der Waals surface area contributed by atoms with Crippen LogP contribution in [0.3, 0.4) is 0 Å². The Bertz CT molecular complexity index is 1100. The third-order valence-electron chi connectivity index (χ3n) is 6.64. The second kappa shape index (κ2) is 11.6. The topological polar surface area (TPSA) is 57.2 Å². The van der Waals surface area contributed by atoms with Gasteiger partial charge in [0.15, 0.2) is 6.17 Å². The summed E-state index contributed by atoms with van der Waals surface area (Å²) < 4.78 is 39.2. The van der Waals surface area contributed by atoms with Crippen LogP contribution < -0.4 is 0 Å².